The van der Waals surface area contributed by atoms with Gasteiger partial charge in [0.05, 0.1) is 16.2 Å². The second kappa shape index (κ2) is 2.79. The second-order valence-corrected chi connectivity index (χ2v) is 3.34. The van der Waals surface area contributed by atoms with E-state index in [1.165, 1.54) is 0 Å². The summed E-state index contributed by atoms with van der Waals surface area (Å²) in [4.78, 5) is 0. The highest BCUT2D eigenvalue weighted by atomic mass is 79.9. The number of hydrogen-bond donors (Lipinski definition) is 1. The minimum Gasteiger partial charge on any atom is -0.388 e. The molecule has 3 nitrogen and oxygen atoms in total. The highest BCUT2D eigenvalue weighted by Gasteiger charge is 1.99. The summed E-state index contributed by atoms with van der Waals surface area (Å²) in [6.07, 6.45) is 3.71. The first-order chi connectivity index (χ1) is 5.81. The van der Waals surface area contributed by atoms with Gasteiger partial charge in [0.1, 0.15) is 0 Å². The van der Waals surface area contributed by atoms with Gasteiger partial charge in [0.25, 0.3) is 0 Å². The summed E-state index contributed by atoms with van der Waals surface area (Å²) in [5.74, 6) is 0. The van der Waals surface area contributed by atoms with E-state index in [0.717, 1.165) is 15.7 Å². The Balaban J connectivity index is 2.71. The molecule has 2 aromatic heterocycles. The van der Waals surface area contributed by atoms with Crippen molar-refractivity contribution in [2.75, 3.05) is 12.4 Å². The van der Waals surface area contributed by atoms with E-state index < -0.39 is 0 Å². The molecule has 0 saturated carbocycles. The molecule has 1 N–H and O–H groups in total. The zero-order valence-electron chi connectivity index (χ0n) is 6.58. The first kappa shape index (κ1) is 7.61. The molecule has 0 unspecified atom stereocenters. The molecule has 0 radical (unpaired) electrons. The van der Waals surface area contributed by atoms with Gasteiger partial charge in [-0.1, -0.05) is 0 Å². The molecule has 0 aliphatic heterocycles. The molecule has 0 spiro atoms. The number of pyridine rings is 1. The van der Waals surface area contributed by atoms with E-state index in [9.17, 15) is 0 Å². The van der Waals surface area contributed by atoms with Crippen LogP contribution in [-0.2, 0) is 0 Å². The Hall–Kier alpha value is -1.03. The van der Waals surface area contributed by atoms with Gasteiger partial charge in [0, 0.05) is 18.9 Å². The molecular weight excluding hydrogens is 218 g/mol. The standard InChI is InChI=1S/C8H8BrN3/c1-10-6-2-3-12-8(4-6)7(9)5-11-12/h2-5,10H,1H3. The molecule has 2 rings (SSSR count). The fourth-order valence-corrected chi connectivity index (χ4v) is 1.49. The van der Waals surface area contributed by atoms with Crippen molar-refractivity contribution in [3.8, 4) is 0 Å². The number of halogens is 1. The number of fused-ring (bicyclic) bond motifs is 1. The van der Waals surface area contributed by atoms with Crippen LogP contribution in [0.5, 0.6) is 0 Å². The van der Waals surface area contributed by atoms with Crippen molar-refractivity contribution in [2.24, 2.45) is 0 Å². The third-order valence-electron chi connectivity index (χ3n) is 1.76. The van der Waals surface area contributed by atoms with Crippen molar-refractivity contribution in [3.63, 3.8) is 0 Å². The first-order valence-electron chi connectivity index (χ1n) is 3.62. The van der Waals surface area contributed by atoms with Crippen LogP contribution in [-0.4, -0.2) is 16.7 Å². The minimum absolute atomic E-state index is 1.01. The van der Waals surface area contributed by atoms with Crippen LogP contribution in [0.25, 0.3) is 5.52 Å². The number of aromatic nitrogens is 2. The van der Waals surface area contributed by atoms with Gasteiger partial charge in [-0.15, -0.1) is 0 Å². The number of nitrogens with zero attached hydrogens (tertiary/aromatic N) is 2. The van der Waals surface area contributed by atoms with E-state index in [0.29, 0.717) is 0 Å². The summed E-state index contributed by atoms with van der Waals surface area (Å²) in [5, 5.41) is 7.21. The summed E-state index contributed by atoms with van der Waals surface area (Å²) in [6, 6.07) is 4.02. The van der Waals surface area contributed by atoms with Gasteiger partial charge < -0.3 is 5.32 Å². The smallest absolute Gasteiger partial charge is 0.0824 e. The second-order valence-electron chi connectivity index (χ2n) is 2.49. The summed E-state index contributed by atoms with van der Waals surface area (Å²) < 4.78 is 2.84. The lowest BCUT2D eigenvalue weighted by Gasteiger charge is -1.99. The largest absolute Gasteiger partial charge is 0.388 e. The molecule has 0 atom stereocenters. The van der Waals surface area contributed by atoms with Crippen LogP contribution in [0.15, 0.2) is 29.0 Å². The van der Waals surface area contributed by atoms with E-state index in [-0.39, 0.29) is 0 Å². The van der Waals surface area contributed by atoms with Crippen LogP contribution in [0, 0.1) is 0 Å². The molecule has 2 heterocycles. The quantitative estimate of drug-likeness (QED) is 0.807. The monoisotopic (exact) mass is 225 g/mol. The summed E-state index contributed by atoms with van der Waals surface area (Å²) >= 11 is 3.42. The highest BCUT2D eigenvalue weighted by molar-refractivity contribution is 9.10. The van der Waals surface area contributed by atoms with Crippen molar-refractivity contribution < 1.29 is 0 Å². The maximum atomic E-state index is 4.14. The molecular formula is C8H8BrN3. The van der Waals surface area contributed by atoms with Crippen LogP contribution in [0.4, 0.5) is 5.69 Å². The van der Waals surface area contributed by atoms with Gasteiger partial charge in [0.15, 0.2) is 0 Å². The van der Waals surface area contributed by atoms with Gasteiger partial charge in [-0.2, -0.15) is 5.10 Å². The predicted molar refractivity (Wildman–Crippen MR) is 52.4 cm³/mol. The molecule has 4 heteroatoms. The molecule has 0 aromatic carbocycles. The summed E-state index contributed by atoms with van der Waals surface area (Å²) in [7, 11) is 1.90. The highest BCUT2D eigenvalue weighted by Crippen LogP contribution is 2.19. The normalized spacial score (nSPS) is 10.5. The molecule has 0 fully saturated rings. The third kappa shape index (κ3) is 1.08. The molecule has 0 aliphatic carbocycles. The van der Waals surface area contributed by atoms with Crippen molar-refractivity contribution >= 4 is 27.1 Å². The molecule has 2 aromatic rings. The van der Waals surface area contributed by atoms with Crippen LogP contribution < -0.4 is 5.32 Å². The van der Waals surface area contributed by atoms with Crippen molar-refractivity contribution in [2.45, 2.75) is 0 Å². The van der Waals surface area contributed by atoms with Crippen LogP contribution in [0.1, 0.15) is 0 Å². The molecule has 0 amide bonds. The number of anilines is 1. The molecule has 62 valence electrons. The maximum absolute atomic E-state index is 4.14. The van der Waals surface area contributed by atoms with Gasteiger partial charge in [-0.05, 0) is 28.1 Å². The summed E-state index contributed by atoms with van der Waals surface area (Å²) in [5.41, 5.74) is 2.16. The lowest BCUT2D eigenvalue weighted by Crippen LogP contribution is -1.90. The van der Waals surface area contributed by atoms with Crippen LogP contribution >= 0.6 is 15.9 Å². The number of nitrogens with one attached hydrogen (secondary N) is 1. The van der Waals surface area contributed by atoms with Crippen LogP contribution in [0.3, 0.4) is 0 Å². The lowest BCUT2D eigenvalue weighted by molar-refractivity contribution is 0.961. The topological polar surface area (TPSA) is 29.3 Å². The SMILES string of the molecule is CNc1ccn2ncc(Br)c2c1. The number of hydrogen-bond acceptors (Lipinski definition) is 2. The minimum atomic E-state index is 1.01. The molecule has 12 heavy (non-hydrogen) atoms. The van der Waals surface area contributed by atoms with Gasteiger partial charge >= 0.3 is 0 Å². The fourth-order valence-electron chi connectivity index (χ4n) is 1.11. The zero-order valence-corrected chi connectivity index (χ0v) is 8.17. The molecule has 0 saturated heterocycles. The van der Waals surface area contributed by atoms with Crippen molar-refractivity contribution in [1.82, 2.24) is 9.61 Å². The Morgan fingerprint density at radius 2 is 2.42 bits per heavy atom. The Labute approximate surface area is 78.5 Å². The van der Waals surface area contributed by atoms with Crippen molar-refractivity contribution in [3.05, 3.63) is 29.0 Å². The van der Waals surface area contributed by atoms with Gasteiger partial charge in [0.2, 0.25) is 0 Å². The van der Waals surface area contributed by atoms with E-state index >= 15 is 0 Å². The average Bonchev–Trinajstić information content (AvgIpc) is 2.47. The Bertz CT molecular complexity index is 408. The zero-order chi connectivity index (χ0) is 8.55. The Morgan fingerprint density at radius 3 is 3.17 bits per heavy atom. The summed E-state index contributed by atoms with van der Waals surface area (Å²) in [6.45, 7) is 0. The first-order valence-corrected chi connectivity index (χ1v) is 4.41. The Kier molecular flexibility index (Phi) is 1.77. The van der Waals surface area contributed by atoms with Gasteiger partial charge in [-0.3, -0.25) is 0 Å². The number of rotatable bonds is 1. The average molecular weight is 226 g/mol. The maximum Gasteiger partial charge on any atom is 0.0824 e. The third-order valence-corrected chi connectivity index (χ3v) is 2.37. The van der Waals surface area contributed by atoms with Crippen molar-refractivity contribution in [1.29, 1.82) is 0 Å². The van der Waals surface area contributed by atoms with E-state index in [2.05, 4.69) is 26.3 Å². The molecule has 0 aliphatic rings. The molecule has 0 bridgehead atoms. The van der Waals surface area contributed by atoms with E-state index in [4.69, 9.17) is 0 Å². The van der Waals surface area contributed by atoms with E-state index in [1.807, 2.05) is 29.9 Å². The van der Waals surface area contributed by atoms with E-state index in [1.54, 1.807) is 6.20 Å². The fraction of sp³-hybridized carbons (Fsp3) is 0.125. The van der Waals surface area contributed by atoms with Crippen LogP contribution in [0.2, 0.25) is 0 Å². The lowest BCUT2D eigenvalue weighted by atomic mass is 10.3. The van der Waals surface area contributed by atoms with Gasteiger partial charge in [-0.25, -0.2) is 4.52 Å². The Morgan fingerprint density at radius 1 is 1.58 bits per heavy atom. The predicted octanol–water partition coefficient (Wildman–Crippen LogP) is 2.14.